The molecule has 0 amide bonds. The van der Waals surface area contributed by atoms with Crippen molar-refractivity contribution in [2.24, 2.45) is 10.7 Å². The number of nitrogens with two attached hydrogens (primary N) is 1. The fourth-order valence-electron chi connectivity index (χ4n) is 3.36. The third kappa shape index (κ3) is 2.93. The van der Waals surface area contributed by atoms with E-state index in [1.807, 2.05) is 18.2 Å². The van der Waals surface area contributed by atoms with Gasteiger partial charge in [0.2, 0.25) is 0 Å². The standard InChI is InChI=1S/C17H22N6O/c18-17(19-11-16-22-21-15-7-3-4-9-23(15)16)20-13-8-10-24-14-6-2-1-5-12(13)14/h1-2,5-6,13H,3-4,7-11H2,(H3,18,19,20). The van der Waals surface area contributed by atoms with Gasteiger partial charge in [-0.05, 0) is 18.9 Å². The Hall–Kier alpha value is -2.57. The summed E-state index contributed by atoms with van der Waals surface area (Å²) in [4.78, 5) is 4.46. The van der Waals surface area contributed by atoms with Crippen LogP contribution >= 0.6 is 0 Å². The van der Waals surface area contributed by atoms with Gasteiger partial charge in [0.15, 0.2) is 11.8 Å². The minimum atomic E-state index is 0.131. The first-order chi connectivity index (χ1) is 11.8. The van der Waals surface area contributed by atoms with Crippen LogP contribution in [0.3, 0.4) is 0 Å². The number of aryl methyl sites for hydroxylation is 1. The van der Waals surface area contributed by atoms with Crippen molar-refractivity contribution in [2.45, 2.75) is 44.8 Å². The maximum absolute atomic E-state index is 6.09. The highest BCUT2D eigenvalue weighted by molar-refractivity contribution is 5.78. The molecule has 2 aliphatic rings. The molecule has 1 unspecified atom stereocenters. The third-order valence-electron chi connectivity index (χ3n) is 4.61. The molecule has 2 aliphatic heterocycles. The molecule has 0 fully saturated rings. The Morgan fingerprint density at radius 1 is 1.33 bits per heavy atom. The number of ether oxygens (including phenoxy) is 1. The highest BCUT2D eigenvalue weighted by atomic mass is 16.5. The molecule has 7 nitrogen and oxygen atoms in total. The first-order valence-electron chi connectivity index (χ1n) is 8.50. The average Bonchev–Trinajstić information content (AvgIpc) is 3.04. The minimum absolute atomic E-state index is 0.131. The summed E-state index contributed by atoms with van der Waals surface area (Å²) in [5, 5.41) is 11.8. The van der Waals surface area contributed by atoms with E-state index in [2.05, 4.69) is 31.1 Å². The molecule has 0 saturated carbocycles. The fourth-order valence-corrected chi connectivity index (χ4v) is 3.36. The molecule has 2 aromatic rings. The molecule has 7 heteroatoms. The average molecular weight is 326 g/mol. The van der Waals surface area contributed by atoms with E-state index < -0.39 is 0 Å². The van der Waals surface area contributed by atoms with Crippen molar-refractivity contribution >= 4 is 5.96 Å². The summed E-state index contributed by atoms with van der Waals surface area (Å²) in [6.07, 6.45) is 4.24. The van der Waals surface area contributed by atoms with Gasteiger partial charge in [-0.2, -0.15) is 0 Å². The van der Waals surface area contributed by atoms with E-state index in [4.69, 9.17) is 10.5 Å². The van der Waals surface area contributed by atoms with E-state index in [-0.39, 0.29) is 6.04 Å². The van der Waals surface area contributed by atoms with E-state index in [0.717, 1.165) is 42.3 Å². The van der Waals surface area contributed by atoms with Gasteiger partial charge in [-0.1, -0.05) is 18.2 Å². The van der Waals surface area contributed by atoms with Gasteiger partial charge in [0.1, 0.15) is 18.1 Å². The number of nitrogens with one attached hydrogen (secondary N) is 1. The predicted molar refractivity (Wildman–Crippen MR) is 90.7 cm³/mol. The Morgan fingerprint density at radius 2 is 2.25 bits per heavy atom. The molecule has 1 aromatic heterocycles. The first kappa shape index (κ1) is 15.0. The number of nitrogens with zero attached hydrogens (tertiary/aromatic N) is 4. The van der Waals surface area contributed by atoms with E-state index in [1.165, 1.54) is 12.8 Å². The summed E-state index contributed by atoms with van der Waals surface area (Å²) in [6, 6.07) is 8.17. The number of para-hydroxylation sites is 1. The highest BCUT2D eigenvalue weighted by Crippen LogP contribution is 2.31. The third-order valence-corrected chi connectivity index (χ3v) is 4.61. The highest BCUT2D eigenvalue weighted by Gasteiger charge is 2.21. The van der Waals surface area contributed by atoms with Crippen LogP contribution < -0.4 is 15.8 Å². The molecule has 126 valence electrons. The lowest BCUT2D eigenvalue weighted by atomic mass is 10.0. The van der Waals surface area contributed by atoms with Gasteiger partial charge < -0.3 is 20.4 Å². The molecule has 1 atom stereocenters. The van der Waals surface area contributed by atoms with Gasteiger partial charge in [-0.15, -0.1) is 10.2 Å². The smallest absolute Gasteiger partial charge is 0.189 e. The summed E-state index contributed by atoms with van der Waals surface area (Å²) in [5.74, 6) is 3.31. The number of fused-ring (bicyclic) bond motifs is 2. The zero-order valence-corrected chi connectivity index (χ0v) is 13.6. The second kappa shape index (κ2) is 6.51. The quantitative estimate of drug-likeness (QED) is 0.659. The summed E-state index contributed by atoms with van der Waals surface area (Å²) in [5.41, 5.74) is 7.22. The van der Waals surface area contributed by atoms with Gasteiger partial charge >= 0.3 is 0 Å². The molecule has 3 heterocycles. The molecular formula is C17H22N6O. The zero-order chi connectivity index (χ0) is 16.4. The van der Waals surface area contributed by atoms with Crippen LogP contribution in [-0.4, -0.2) is 27.3 Å². The Kier molecular flexibility index (Phi) is 4.06. The van der Waals surface area contributed by atoms with Gasteiger partial charge in [0, 0.05) is 24.9 Å². The number of benzene rings is 1. The van der Waals surface area contributed by atoms with Crippen LogP contribution in [-0.2, 0) is 19.5 Å². The van der Waals surface area contributed by atoms with Crippen molar-refractivity contribution in [3.63, 3.8) is 0 Å². The summed E-state index contributed by atoms with van der Waals surface area (Å²) >= 11 is 0. The van der Waals surface area contributed by atoms with E-state index in [1.54, 1.807) is 0 Å². The first-order valence-corrected chi connectivity index (χ1v) is 8.50. The van der Waals surface area contributed by atoms with Crippen molar-refractivity contribution in [2.75, 3.05) is 6.61 Å². The lowest BCUT2D eigenvalue weighted by molar-refractivity contribution is 0.262. The van der Waals surface area contributed by atoms with Crippen molar-refractivity contribution in [1.29, 1.82) is 0 Å². The van der Waals surface area contributed by atoms with Gasteiger partial charge in [-0.25, -0.2) is 4.99 Å². The number of hydrogen-bond acceptors (Lipinski definition) is 4. The molecule has 0 saturated heterocycles. The van der Waals surface area contributed by atoms with Crippen LogP contribution in [0.5, 0.6) is 5.75 Å². The second-order valence-electron chi connectivity index (χ2n) is 6.21. The fraction of sp³-hybridized carbons (Fsp3) is 0.471. The van der Waals surface area contributed by atoms with Crippen molar-refractivity contribution < 1.29 is 4.74 Å². The van der Waals surface area contributed by atoms with Crippen LogP contribution in [0.15, 0.2) is 29.3 Å². The topological polar surface area (TPSA) is 90.4 Å². The number of aromatic nitrogens is 3. The molecule has 0 bridgehead atoms. The van der Waals surface area contributed by atoms with E-state index in [9.17, 15) is 0 Å². The number of guanidine groups is 1. The molecule has 0 spiro atoms. The summed E-state index contributed by atoms with van der Waals surface area (Å²) < 4.78 is 7.84. The molecule has 0 radical (unpaired) electrons. The largest absolute Gasteiger partial charge is 0.493 e. The molecule has 0 aliphatic carbocycles. The lowest BCUT2D eigenvalue weighted by Gasteiger charge is -2.26. The predicted octanol–water partition coefficient (Wildman–Crippen LogP) is 1.54. The van der Waals surface area contributed by atoms with Crippen molar-refractivity contribution in [3.05, 3.63) is 41.5 Å². The van der Waals surface area contributed by atoms with Crippen molar-refractivity contribution in [1.82, 2.24) is 20.1 Å². The normalized spacial score (nSPS) is 20.0. The van der Waals surface area contributed by atoms with Crippen LogP contribution in [0.4, 0.5) is 0 Å². The van der Waals surface area contributed by atoms with Crippen LogP contribution in [0.1, 0.15) is 42.5 Å². The molecule has 24 heavy (non-hydrogen) atoms. The maximum Gasteiger partial charge on any atom is 0.189 e. The van der Waals surface area contributed by atoms with Gasteiger partial charge in [0.25, 0.3) is 0 Å². The number of aliphatic imine (C=N–C) groups is 1. The Labute approximate surface area is 140 Å². The summed E-state index contributed by atoms with van der Waals surface area (Å²) in [7, 11) is 0. The number of rotatable bonds is 3. The second-order valence-corrected chi connectivity index (χ2v) is 6.21. The van der Waals surface area contributed by atoms with Crippen LogP contribution in [0.25, 0.3) is 0 Å². The Balaban J connectivity index is 1.44. The molecule has 3 N–H and O–H groups in total. The molecule has 1 aromatic carbocycles. The van der Waals surface area contributed by atoms with E-state index in [0.29, 0.717) is 19.1 Å². The lowest BCUT2D eigenvalue weighted by Crippen LogP contribution is -2.37. The molecular weight excluding hydrogens is 304 g/mol. The SMILES string of the molecule is NC(=NCc1nnc2n1CCCC2)NC1CCOc2ccccc21. The Bertz CT molecular complexity index is 753. The monoisotopic (exact) mass is 326 g/mol. The maximum atomic E-state index is 6.09. The van der Waals surface area contributed by atoms with Crippen LogP contribution in [0.2, 0.25) is 0 Å². The van der Waals surface area contributed by atoms with Crippen LogP contribution in [0, 0.1) is 0 Å². The van der Waals surface area contributed by atoms with Gasteiger partial charge in [0.05, 0.1) is 12.6 Å². The Morgan fingerprint density at radius 3 is 3.21 bits per heavy atom. The zero-order valence-electron chi connectivity index (χ0n) is 13.6. The van der Waals surface area contributed by atoms with Crippen molar-refractivity contribution in [3.8, 4) is 5.75 Å². The number of hydrogen-bond donors (Lipinski definition) is 2. The van der Waals surface area contributed by atoms with Gasteiger partial charge in [-0.3, -0.25) is 0 Å². The summed E-state index contributed by atoms with van der Waals surface area (Å²) in [6.45, 7) is 2.12. The van der Waals surface area contributed by atoms with E-state index >= 15 is 0 Å². The minimum Gasteiger partial charge on any atom is -0.493 e. The molecule has 4 rings (SSSR count).